The van der Waals surface area contributed by atoms with Crippen molar-refractivity contribution in [3.05, 3.63) is 89.0 Å². The van der Waals surface area contributed by atoms with Crippen molar-refractivity contribution in [2.75, 3.05) is 6.61 Å². The molecular formula is C32H32F6O5. The molecule has 0 N–H and O–H groups in total. The summed E-state index contributed by atoms with van der Waals surface area (Å²) in [4.78, 5) is 25.7. The molecule has 0 amide bonds. The lowest BCUT2D eigenvalue weighted by Gasteiger charge is -2.14. The fourth-order valence-electron chi connectivity index (χ4n) is 4.11. The normalized spacial score (nSPS) is 11.7. The molecule has 0 aliphatic carbocycles. The Morgan fingerprint density at radius 3 is 1.56 bits per heavy atom. The lowest BCUT2D eigenvalue weighted by Crippen LogP contribution is -2.14. The van der Waals surface area contributed by atoms with E-state index in [0.717, 1.165) is 80.6 Å². The number of halogens is 6. The Labute approximate surface area is 245 Å². The molecule has 0 radical (unpaired) electrons. The van der Waals surface area contributed by atoms with Gasteiger partial charge in [-0.05, 0) is 73.2 Å². The third-order valence-corrected chi connectivity index (χ3v) is 6.48. The number of rotatable bonds is 14. The number of hydrogen-bond donors (Lipinski definition) is 0. The molecule has 0 aliphatic heterocycles. The van der Waals surface area contributed by atoms with Crippen LogP contribution in [0.2, 0.25) is 0 Å². The topological polar surface area (TPSA) is 61.8 Å². The van der Waals surface area contributed by atoms with E-state index in [1.807, 2.05) is 0 Å². The van der Waals surface area contributed by atoms with Gasteiger partial charge in [0.1, 0.15) is 22.8 Å². The zero-order chi connectivity index (χ0) is 31.5. The lowest BCUT2D eigenvalue weighted by molar-refractivity contribution is -0.138. The van der Waals surface area contributed by atoms with Gasteiger partial charge in [-0.3, -0.25) is 0 Å². The molecule has 0 heterocycles. The molecule has 0 atom stereocenters. The second-order valence-corrected chi connectivity index (χ2v) is 9.86. The molecule has 0 saturated heterocycles. The Morgan fingerprint density at radius 1 is 0.605 bits per heavy atom. The molecule has 232 valence electrons. The van der Waals surface area contributed by atoms with Crippen LogP contribution < -0.4 is 14.2 Å². The number of carbonyl (C=O) groups is 2. The van der Waals surface area contributed by atoms with Crippen LogP contribution in [-0.4, -0.2) is 18.5 Å². The summed E-state index contributed by atoms with van der Waals surface area (Å²) in [5.41, 5.74) is -1.93. The van der Waals surface area contributed by atoms with Gasteiger partial charge in [0.2, 0.25) is 0 Å². The highest BCUT2D eigenvalue weighted by molar-refractivity contribution is 5.97. The van der Waals surface area contributed by atoms with Gasteiger partial charge in [0.25, 0.3) is 0 Å². The average Bonchev–Trinajstić information content (AvgIpc) is 2.95. The second-order valence-electron chi connectivity index (χ2n) is 9.86. The van der Waals surface area contributed by atoms with E-state index in [1.165, 1.54) is 31.0 Å². The minimum Gasteiger partial charge on any atom is -0.493 e. The maximum atomic E-state index is 12.9. The molecule has 0 spiro atoms. The van der Waals surface area contributed by atoms with E-state index >= 15 is 0 Å². The van der Waals surface area contributed by atoms with Crippen molar-refractivity contribution in [1.29, 1.82) is 0 Å². The zero-order valence-electron chi connectivity index (χ0n) is 23.5. The van der Waals surface area contributed by atoms with Crippen LogP contribution in [0.25, 0.3) is 0 Å². The van der Waals surface area contributed by atoms with Gasteiger partial charge in [-0.15, -0.1) is 0 Å². The van der Waals surface area contributed by atoms with Crippen LogP contribution >= 0.6 is 0 Å². The molecule has 0 aromatic heterocycles. The fraction of sp³-hybridized carbons (Fsp3) is 0.375. The lowest BCUT2D eigenvalue weighted by atomic mass is 10.1. The Bertz CT molecular complexity index is 1330. The van der Waals surface area contributed by atoms with E-state index in [2.05, 4.69) is 6.92 Å². The molecule has 43 heavy (non-hydrogen) atoms. The minimum absolute atomic E-state index is 0.0123. The molecule has 0 saturated carbocycles. The summed E-state index contributed by atoms with van der Waals surface area (Å²) < 4.78 is 93.3. The fourth-order valence-corrected chi connectivity index (χ4v) is 4.11. The largest absolute Gasteiger partial charge is 0.493 e. The van der Waals surface area contributed by atoms with Gasteiger partial charge < -0.3 is 14.2 Å². The molecule has 5 nitrogen and oxygen atoms in total. The number of unbranched alkanes of at least 4 members (excludes halogenated alkanes) is 7. The Morgan fingerprint density at radius 2 is 1.07 bits per heavy atom. The first-order valence-electron chi connectivity index (χ1n) is 13.9. The van der Waals surface area contributed by atoms with Gasteiger partial charge in [0, 0.05) is 0 Å². The van der Waals surface area contributed by atoms with Crippen molar-refractivity contribution in [1.82, 2.24) is 0 Å². The van der Waals surface area contributed by atoms with Crippen LogP contribution in [0.3, 0.4) is 0 Å². The predicted molar refractivity (Wildman–Crippen MR) is 147 cm³/mol. The zero-order valence-corrected chi connectivity index (χ0v) is 23.5. The van der Waals surface area contributed by atoms with Crippen molar-refractivity contribution in [3.8, 4) is 17.2 Å². The summed E-state index contributed by atoms with van der Waals surface area (Å²) in [5.74, 6) is -2.09. The van der Waals surface area contributed by atoms with Crippen molar-refractivity contribution in [2.24, 2.45) is 0 Å². The van der Waals surface area contributed by atoms with E-state index in [9.17, 15) is 35.9 Å². The van der Waals surface area contributed by atoms with Gasteiger partial charge in [-0.1, -0.05) is 51.9 Å². The van der Waals surface area contributed by atoms with Gasteiger partial charge >= 0.3 is 24.3 Å². The molecular weight excluding hydrogens is 578 g/mol. The van der Waals surface area contributed by atoms with Gasteiger partial charge in [-0.25, -0.2) is 9.59 Å². The van der Waals surface area contributed by atoms with E-state index in [1.54, 1.807) is 0 Å². The van der Waals surface area contributed by atoms with E-state index in [0.29, 0.717) is 6.42 Å². The quantitative estimate of drug-likeness (QED) is 0.0787. The summed E-state index contributed by atoms with van der Waals surface area (Å²) >= 11 is 0. The van der Waals surface area contributed by atoms with Crippen LogP contribution in [0, 0.1) is 0 Å². The van der Waals surface area contributed by atoms with Crippen molar-refractivity contribution >= 4 is 11.9 Å². The first-order chi connectivity index (χ1) is 20.4. The Hall–Kier alpha value is -4.02. The number of esters is 2. The summed E-state index contributed by atoms with van der Waals surface area (Å²) in [7, 11) is 0. The smallest absolute Gasteiger partial charge is 0.416 e. The van der Waals surface area contributed by atoms with Crippen LogP contribution in [0.1, 0.15) is 90.1 Å². The SMILES string of the molecule is CCCCCCCCCCOc1cc(C(=O)Oc2ccc(C(F)(F)F)cc2)ccc1C(=O)Oc1ccc(C(F)(F)F)cc1. The molecule has 0 bridgehead atoms. The van der Waals surface area contributed by atoms with Crippen LogP contribution in [0.5, 0.6) is 17.2 Å². The third-order valence-electron chi connectivity index (χ3n) is 6.48. The van der Waals surface area contributed by atoms with E-state index < -0.39 is 35.4 Å². The highest BCUT2D eigenvalue weighted by atomic mass is 19.4. The van der Waals surface area contributed by atoms with E-state index in [4.69, 9.17) is 14.2 Å². The first-order valence-corrected chi connectivity index (χ1v) is 13.9. The van der Waals surface area contributed by atoms with Crippen LogP contribution in [0.15, 0.2) is 66.7 Å². The molecule has 11 heteroatoms. The van der Waals surface area contributed by atoms with Crippen molar-refractivity contribution in [2.45, 2.75) is 70.6 Å². The maximum Gasteiger partial charge on any atom is 0.416 e. The van der Waals surface area contributed by atoms with Crippen molar-refractivity contribution < 1.29 is 50.1 Å². The molecule has 0 unspecified atom stereocenters. The van der Waals surface area contributed by atoms with Gasteiger partial charge in [-0.2, -0.15) is 26.3 Å². The van der Waals surface area contributed by atoms with E-state index in [-0.39, 0.29) is 35.0 Å². The summed E-state index contributed by atoms with van der Waals surface area (Å²) in [6.07, 6.45) is -0.747. The molecule has 0 fully saturated rings. The number of benzene rings is 3. The number of ether oxygens (including phenoxy) is 3. The maximum absolute atomic E-state index is 12.9. The number of hydrogen-bond acceptors (Lipinski definition) is 5. The standard InChI is InChI=1S/C32H32F6O5/c1-2-3-4-5-6-7-8-9-20-41-28-21-22(29(39)42-25-15-11-23(12-16-25)31(33,34)35)10-19-27(28)30(40)43-26-17-13-24(14-18-26)32(36,37)38/h10-19,21H,2-9,20H2,1H3. The molecule has 3 aromatic carbocycles. The first kappa shape index (κ1) is 33.5. The molecule has 0 aliphatic rings. The van der Waals surface area contributed by atoms with Gasteiger partial charge in [0.15, 0.2) is 0 Å². The highest BCUT2D eigenvalue weighted by Gasteiger charge is 2.31. The van der Waals surface area contributed by atoms with Crippen molar-refractivity contribution in [3.63, 3.8) is 0 Å². The van der Waals surface area contributed by atoms with Gasteiger partial charge in [0.05, 0.1) is 23.3 Å². The summed E-state index contributed by atoms with van der Waals surface area (Å²) in [6, 6.07) is 10.9. The number of carbonyl (C=O) groups excluding carboxylic acids is 2. The second kappa shape index (κ2) is 15.5. The monoisotopic (exact) mass is 610 g/mol. The minimum atomic E-state index is -4.55. The molecule has 3 aromatic rings. The van der Waals surface area contributed by atoms with Crippen LogP contribution in [0.4, 0.5) is 26.3 Å². The van der Waals surface area contributed by atoms with Crippen LogP contribution in [-0.2, 0) is 12.4 Å². The Balaban J connectivity index is 1.72. The summed E-state index contributed by atoms with van der Waals surface area (Å²) in [6.45, 7) is 2.36. The number of alkyl halides is 6. The third kappa shape index (κ3) is 10.6. The average molecular weight is 611 g/mol. The summed E-state index contributed by atoms with van der Waals surface area (Å²) in [5, 5.41) is 0. The highest BCUT2D eigenvalue weighted by Crippen LogP contribution is 2.32. The molecule has 3 rings (SSSR count). The Kier molecular flexibility index (Phi) is 12.0. The predicted octanol–water partition coefficient (Wildman–Crippen LogP) is 9.68.